The van der Waals surface area contributed by atoms with Crippen LogP contribution in [0.5, 0.6) is 0 Å². The van der Waals surface area contributed by atoms with Crippen molar-refractivity contribution in [3.63, 3.8) is 0 Å². The number of hydrogen-bond donors (Lipinski definition) is 1. The third-order valence-corrected chi connectivity index (χ3v) is 5.90. The van der Waals surface area contributed by atoms with E-state index >= 15 is 0 Å². The maximum atomic E-state index is 13.8. The van der Waals surface area contributed by atoms with Crippen LogP contribution in [0.3, 0.4) is 0 Å². The fourth-order valence-corrected chi connectivity index (χ4v) is 4.42. The van der Waals surface area contributed by atoms with Crippen molar-refractivity contribution in [3.05, 3.63) is 107 Å². The Labute approximate surface area is 176 Å². The topological polar surface area (TPSA) is 55.4 Å². The van der Waals surface area contributed by atoms with Gasteiger partial charge in [0, 0.05) is 17.5 Å². The molecular weight excluding hydrogens is 374 g/mol. The molecule has 0 bridgehead atoms. The van der Waals surface area contributed by atoms with Crippen molar-refractivity contribution in [1.82, 2.24) is 5.32 Å². The standard InChI is InChI=1S/C26H25NO3/c1-17-13-15-20(16-14-17)25(28)22-21(18-9-5-3-6-10-18)24(26(29)30-2)27-23(22)19-11-7-4-8-12-19/h3-16,21-24,27H,1-2H3/t21-,22+,23-,24-/m1/s1. The Bertz CT molecular complexity index is 1020. The van der Waals surface area contributed by atoms with Crippen LogP contribution in [0.25, 0.3) is 0 Å². The van der Waals surface area contributed by atoms with E-state index in [-0.39, 0.29) is 23.7 Å². The van der Waals surface area contributed by atoms with Crippen molar-refractivity contribution in [2.45, 2.75) is 24.9 Å². The summed E-state index contributed by atoms with van der Waals surface area (Å²) in [5.74, 6) is -1.11. The summed E-state index contributed by atoms with van der Waals surface area (Å²) in [6, 6.07) is 26.3. The summed E-state index contributed by atoms with van der Waals surface area (Å²) in [5, 5.41) is 3.42. The minimum absolute atomic E-state index is 0.0246. The highest BCUT2D eigenvalue weighted by atomic mass is 16.5. The van der Waals surface area contributed by atoms with Crippen LogP contribution in [0.1, 0.15) is 39.0 Å². The molecule has 1 fully saturated rings. The molecule has 4 heteroatoms. The Balaban J connectivity index is 1.84. The molecule has 1 aliphatic rings. The van der Waals surface area contributed by atoms with Gasteiger partial charge in [-0.25, -0.2) is 0 Å². The van der Waals surface area contributed by atoms with Gasteiger partial charge >= 0.3 is 5.97 Å². The maximum Gasteiger partial charge on any atom is 0.323 e. The molecule has 4 atom stereocenters. The second kappa shape index (κ2) is 8.64. The number of aryl methyl sites for hydroxylation is 1. The SMILES string of the molecule is COC(=O)[C@@H]1N[C@H](c2ccccc2)[C@@H](C(=O)c2ccc(C)cc2)[C@H]1c1ccccc1. The Hall–Kier alpha value is -3.24. The van der Waals surface area contributed by atoms with E-state index in [9.17, 15) is 9.59 Å². The quantitative estimate of drug-likeness (QED) is 0.508. The molecule has 1 heterocycles. The molecule has 0 unspecified atom stereocenters. The minimum Gasteiger partial charge on any atom is -0.468 e. The van der Waals surface area contributed by atoms with Crippen molar-refractivity contribution in [3.8, 4) is 0 Å². The Morgan fingerprint density at radius 2 is 1.37 bits per heavy atom. The van der Waals surface area contributed by atoms with Crippen LogP contribution in [0, 0.1) is 12.8 Å². The van der Waals surface area contributed by atoms with Gasteiger partial charge in [-0.15, -0.1) is 0 Å². The first-order valence-corrected chi connectivity index (χ1v) is 10.1. The van der Waals surface area contributed by atoms with Gasteiger partial charge in [0.2, 0.25) is 0 Å². The second-order valence-electron chi connectivity index (χ2n) is 7.75. The number of nitrogens with one attached hydrogen (secondary N) is 1. The molecule has 0 spiro atoms. The zero-order valence-electron chi connectivity index (χ0n) is 17.1. The van der Waals surface area contributed by atoms with Crippen LogP contribution in [0.2, 0.25) is 0 Å². The smallest absolute Gasteiger partial charge is 0.323 e. The zero-order chi connectivity index (χ0) is 21.1. The Morgan fingerprint density at radius 1 is 0.800 bits per heavy atom. The van der Waals surface area contributed by atoms with E-state index in [1.807, 2.05) is 91.9 Å². The van der Waals surface area contributed by atoms with E-state index in [0.717, 1.165) is 16.7 Å². The first-order chi connectivity index (χ1) is 14.6. The zero-order valence-corrected chi connectivity index (χ0v) is 17.1. The van der Waals surface area contributed by atoms with E-state index in [2.05, 4.69) is 5.32 Å². The van der Waals surface area contributed by atoms with Crippen molar-refractivity contribution in [2.24, 2.45) is 5.92 Å². The van der Waals surface area contributed by atoms with Crippen molar-refractivity contribution in [1.29, 1.82) is 0 Å². The summed E-state index contributed by atoms with van der Waals surface area (Å²) in [4.78, 5) is 26.5. The average Bonchev–Trinajstić information content (AvgIpc) is 3.20. The lowest BCUT2D eigenvalue weighted by atomic mass is 9.76. The average molecular weight is 399 g/mol. The maximum absolute atomic E-state index is 13.8. The van der Waals surface area contributed by atoms with Crippen molar-refractivity contribution < 1.29 is 14.3 Å². The molecule has 3 aromatic rings. The highest BCUT2D eigenvalue weighted by Crippen LogP contribution is 2.45. The molecule has 0 radical (unpaired) electrons. The summed E-state index contributed by atoms with van der Waals surface area (Å²) < 4.78 is 5.11. The molecule has 1 aliphatic heterocycles. The van der Waals surface area contributed by atoms with Gasteiger partial charge in [-0.1, -0.05) is 90.5 Å². The van der Waals surface area contributed by atoms with Crippen LogP contribution < -0.4 is 5.32 Å². The number of Topliss-reactive ketones (excluding diaryl/α,β-unsaturated/α-hetero) is 1. The number of rotatable bonds is 5. The molecule has 4 rings (SSSR count). The van der Waals surface area contributed by atoms with Crippen LogP contribution in [0.4, 0.5) is 0 Å². The number of carbonyl (C=O) groups is 2. The minimum atomic E-state index is -0.609. The summed E-state index contributed by atoms with van der Waals surface area (Å²) in [6.07, 6.45) is 0. The highest BCUT2D eigenvalue weighted by molar-refractivity contribution is 6.00. The van der Waals surface area contributed by atoms with E-state index in [1.54, 1.807) is 0 Å². The van der Waals surface area contributed by atoms with Gasteiger partial charge in [-0.2, -0.15) is 0 Å². The van der Waals surface area contributed by atoms with E-state index in [1.165, 1.54) is 7.11 Å². The van der Waals surface area contributed by atoms with Crippen LogP contribution >= 0.6 is 0 Å². The monoisotopic (exact) mass is 399 g/mol. The fourth-order valence-electron chi connectivity index (χ4n) is 4.42. The van der Waals surface area contributed by atoms with Crippen molar-refractivity contribution >= 4 is 11.8 Å². The van der Waals surface area contributed by atoms with E-state index in [0.29, 0.717) is 5.56 Å². The van der Waals surface area contributed by atoms with Gasteiger partial charge in [0.05, 0.1) is 13.0 Å². The molecule has 4 nitrogen and oxygen atoms in total. The normalized spacial score (nSPS) is 23.1. The molecule has 3 aromatic carbocycles. The number of esters is 1. The van der Waals surface area contributed by atoms with Gasteiger partial charge < -0.3 is 4.74 Å². The van der Waals surface area contributed by atoms with Crippen LogP contribution in [-0.2, 0) is 9.53 Å². The van der Waals surface area contributed by atoms with Gasteiger partial charge in [0.1, 0.15) is 6.04 Å². The van der Waals surface area contributed by atoms with Gasteiger partial charge in [-0.3, -0.25) is 14.9 Å². The predicted octanol–water partition coefficient (Wildman–Crippen LogP) is 4.46. The summed E-state index contributed by atoms with van der Waals surface area (Å²) >= 11 is 0. The second-order valence-corrected chi connectivity index (χ2v) is 7.75. The van der Waals surface area contributed by atoms with Gasteiger partial charge in [-0.05, 0) is 18.1 Å². The van der Waals surface area contributed by atoms with Gasteiger partial charge in [0.25, 0.3) is 0 Å². The molecule has 152 valence electrons. The number of carbonyl (C=O) groups excluding carboxylic acids is 2. The van der Waals surface area contributed by atoms with Gasteiger partial charge in [0.15, 0.2) is 5.78 Å². The van der Waals surface area contributed by atoms with Crippen molar-refractivity contribution in [2.75, 3.05) is 7.11 Å². The summed E-state index contributed by atoms with van der Waals surface area (Å²) in [5.41, 5.74) is 3.68. The summed E-state index contributed by atoms with van der Waals surface area (Å²) in [6.45, 7) is 2.00. The predicted molar refractivity (Wildman–Crippen MR) is 116 cm³/mol. The van der Waals surface area contributed by atoms with Crippen LogP contribution in [0.15, 0.2) is 84.9 Å². The third-order valence-electron chi connectivity index (χ3n) is 5.90. The lowest BCUT2D eigenvalue weighted by molar-refractivity contribution is -0.143. The summed E-state index contributed by atoms with van der Waals surface area (Å²) in [7, 11) is 1.39. The number of hydrogen-bond acceptors (Lipinski definition) is 4. The Morgan fingerprint density at radius 3 is 1.93 bits per heavy atom. The molecule has 0 aliphatic carbocycles. The fraction of sp³-hybridized carbons (Fsp3) is 0.231. The Kier molecular flexibility index (Phi) is 5.77. The number of methoxy groups -OCH3 is 1. The van der Waals surface area contributed by atoms with E-state index < -0.39 is 12.0 Å². The molecule has 0 aromatic heterocycles. The molecule has 1 saturated heterocycles. The molecule has 0 amide bonds. The first kappa shape index (κ1) is 20.0. The lowest BCUT2D eigenvalue weighted by Gasteiger charge is -2.25. The number of ether oxygens (including phenoxy) is 1. The van der Waals surface area contributed by atoms with E-state index in [4.69, 9.17) is 4.74 Å². The highest BCUT2D eigenvalue weighted by Gasteiger charge is 2.51. The number of benzene rings is 3. The molecule has 0 saturated carbocycles. The molecular formula is C26H25NO3. The number of ketones is 1. The third kappa shape index (κ3) is 3.79. The molecule has 30 heavy (non-hydrogen) atoms. The van der Waals surface area contributed by atoms with Crippen LogP contribution in [-0.4, -0.2) is 24.9 Å². The lowest BCUT2D eigenvalue weighted by Crippen LogP contribution is -2.36. The molecule has 1 N–H and O–H groups in total. The first-order valence-electron chi connectivity index (χ1n) is 10.1. The largest absolute Gasteiger partial charge is 0.468 e.